The second kappa shape index (κ2) is 21.8. The van der Waals surface area contributed by atoms with Crippen LogP contribution >= 0.6 is 11.6 Å². The smallest absolute Gasteiger partial charge is 0.328 e. The Bertz CT molecular complexity index is 1460. The summed E-state index contributed by atoms with van der Waals surface area (Å²) in [6.07, 6.45) is 8.19. The minimum atomic E-state index is -3.06. The first-order valence-electron chi connectivity index (χ1n) is 15.8. The Balaban J connectivity index is 0.000000432. The fourth-order valence-electron chi connectivity index (χ4n) is 4.95. The predicted molar refractivity (Wildman–Crippen MR) is 185 cm³/mol. The minimum Gasteiger partial charge on any atom is -0.478 e. The molecule has 0 spiro atoms. The summed E-state index contributed by atoms with van der Waals surface area (Å²) in [6, 6.07) is 19.4. The highest BCUT2D eigenvalue weighted by atomic mass is 35.5. The second-order valence-corrected chi connectivity index (χ2v) is 13.7. The lowest BCUT2D eigenvalue weighted by atomic mass is 9.96. The zero-order valence-corrected chi connectivity index (χ0v) is 28.6. The number of hydrogen-bond acceptors (Lipinski definition) is 8. The summed E-state index contributed by atoms with van der Waals surface area (Å²) in [5, 5.41) is 32.0. The highest BCUT2D eigenvalue weighted by Crippen LogP contribution is 2.31. The lowest BCUT2D eigenvalue weighted by molar-refractivity contribution is -0.134. The molecule has 268 valence electrons. The average Bonchev–Trinajstić information content (AvgIpc) is 3.86. The molecular weight excluding hydrogens is 678 g/mol. The third kappa shape index (κ3) is 18.9. The molecule has 0 bridgehead atoms. The molecule has 1 unspecified atom stereocenters. The molecule has 1 heterocycles. The van der Waals surface area contributed by atoms with Crippen molar-refractivity contribution in [2.75, 3.05) is 38.5 Å². The highest BCUT2D eigenvalue weighted by Gasteiger charge is 2.27. The first-order chi connectivity index (χ1) is 23.3. The monoisotopic (exact) mass is 721 g/mol. The molecule has 2 aromatic rings. The van der Waals surface area contributed by atoms with Crippen LogP contribution in [0.1, 0.15) is 55.7 Å². The lowest BCUT2D eigenvalue weighted by Gasteiger charge is -2.40. The molecule has 0 amide bonds. The van der Waals surface area contributed by atoms with E-state index in [4.69, 9.17) is 32.0 Å². The number of hydrogen-bond donors (Lipinski definition) is 5. The predicted octanol–water partition coefficient (Wildman–Crippen LogP) is 4.11. The molecule has 2 fully saturated rings. The van der Waals surface area contributed by atoms with Crippen LogP contribution in [0.5, 0.6) is 0 Å². The maximum absolute atomic E-state index is 11.9. The molecule has 1 aliphatic carbocycles. The quantitative estimate of drug-likeness (QED) is 0.123. The molecule has 1 saturated carbocycles. The van der Waals surface area contributed by atoms with E-state index in [1.54, 1.807) is 0 Å². The molecule has 15 heteroatoms. The van der Waals surface area contributed by atoms with Crippen molar-refractivity contribution in [3.63, 3.8) is 0 Å². The summed E-state index contributed by atoms with van der Waals surface area (Å²) in [5.74, 6) is -4.76. The fraction of sp³-hybridized carbons (Fsp3) is 0.412. The van der Waals surface area contributed by atoms with Crippen molar-refractivity contribution < 1.29 is 48.0 Å². The van der Waals surface area contributed by atoms with Gasteiger partial charge in [0, 0.05) is 61.5 Å². The maximum Gasteiger partial charge on any atom is 0.328 e. The molecule has 5 N–H and O–H groups in total. The van der Waals surface area contributed by atoms with Crippen molar-refractivity contribution in [1.29, 1.82) is 0 Å². The standard InChI is InChI=1S/C26H36ClN3O2S.2C4H4O4/c27-24-12-8-11-23(21-24)26(22-9-4-3-5-10-22)30-18-16-29(17-19-30)15-6-1-2-7-20-33(31,32)28-25-13-14-25;2*5-3(6)1-2-4(7)8/h3-5,8-12,21,25-26,28H,1-2,6-7,13-20H2;2*1-2H,(H,5,6)(H,7,8)/b;2*2-1-. The zero-order chi connectivity index (χ0) is 36.2. The molecule has 1 saturated heterocycles. The van der Waals surface area contributed by atoms with Gasteiger partial charge in [-0.1, -0.05) is 66.9 Å². The number of rotatable bonds is 16. The Morgan fingerprint density at radius 3 is 1.73 bits per heavy atom. The molecule has 0 radical (unpaired) electrons. The van der Waals surface area contributed by atoms with Gasteiger partial charge in [0.1, 0.15) is 0 Å². The van der Waals surface area contributed by atoms with Gasteiger partial charge in [0.25, 0.3) is 0 Å². The van der Waals surface area contributed by atoms with Crippen molar-refractivity contribution in [2.24, 2.45) is 0 Å². The van der Waals surface area contributed by atoms with Crippen LogP contribution in [0.25, 0.3) is 0 Å². The number of unbranched alkanes of at least 4 members (excludes halogenated alkanes) is 3. The number of sulfonamides is 1. The molecule has 0 aromatic heterocycles. The van der Waals surface area contributed by atoms with Gasteiger partial charge in [0.2, 0.25) is 10.0 Å². The van der Waals surface area contributed by atoms with Crippen molar-refractivity contribution in [2.45, 2.75) is 50.6 Å². The SMILES string of the molecule is O=C(O)/C=C\C(=O)O.O=C(O)/C=C\C(=O)O.O=S(=O)(CCCCCCN1CCN(C(c2ccccc2)c2cccc(Cl)c2)CC1)NC1CC1. The van der Waals surface area contributed by atoms with Gasteiger partial charge >= 0.3 is 23.9 Å². The molecule has 1 aliphatic heterocycles. The number of nitrogens with one attached hydrogen (secondary N) is 1. The summed E-state index contributed by atoms with van der Waals surface area (Å²) < 4.78 is 26.6. The van der Waals surface area contributed by atoms with E-state index in [0.29, 0.717) is 24.3 Å². The third-order valence-electron chi connectivity index (χ3n) is 7.35. The van der Waals surface area contributed by atoms with E-state index in [2.05, 4.69) is 57.0 Å². The Morgan fingerprint density at radius 2 is 1.24 bits per heavy atom. The average molecular weight is 722 g/mol. The normalized spacial score (nSPS) is 15.9. The van der Waals surface area contributed by atoms with Crippen LogP contribution in [0.15, 0.2) is 78.9 Å². The van der Waals surface area contributed by atoms with E-state index in [1.807, 2.05) is 12.1 Å². The topological polar surface area (TPSA) is 202 Å². The lowest BCUT2D eigenvalue weighted by Crippen LogP contribution is -2.48. The number of benzene rings is 2. The number of piperazine rings is 1. The number of nitrogens with zero attached hydrogens (tertiary/aromatic N) is 2. The van der Waals surface area contributed by atoms with Gasteiger partial charge in [-0.15, -0.1) is 0 Å². The van der Waals surface area contributed by atoms with E-state index in [9.17, 15) is 27.6 Å². The highest BCUT2D eigenvalue weighted by molar-refractivity contribution is 7.89. The van der Waals surface area contributed by atoms with Crippen molar-refractivity contribution in [3.05, 3.63) is 95.1 Å². The summed E-state index contributed by atoms with van der Waals surface area (Å²) in [5.41, 5.74) is 2.55. The van der Waals surface area contributed by atoms with E-state index in [-0.39, 0.29) is 17.8 Å². The molecule has 49 heavy (non-hydrogen) atoms. The van der Waals surface area contributed by atoms with Crippen molar-refractivity contribution >= 4 is 45.5 Å². The summed E-state index contributed by atoms with van der Waals surface area (Å²) in [6.45, 7) is 5.26. The Labute approximate surface area is 291 Å². The van der Waals surface area contributed by atoms with Crippen LogP contribution in [0.3, 0.4) is 0 Å². The Kier molecular flexibility index (Phi) is 18.3. The van der Waals surface area contributed by atoms with Gasteiger partial charge in [-0.2, -0.15) is 0 Å². The number of carboxylic acid groups (broad SMARTS) is 4. The number of carbonyl (C=O) groups is 4. The van der Waals surface area contributed by atoms with Crippen LogP contribution in [0.4, 0.5) is 0 Å². The number of carboxylic acids is 4. The second-order valence-electron chi connectivity index (χ2n) is 11.4. The summed E-state index contributed by atoms with van der Waals surface area (Å²) >= 11 is 6.32. The molecule has 1 atom stereocenters. The molecular formula is C34H44ClN3O10S. The number of halogens is 1. The Hall–Kier alpha value is -4.08. The fourth-order valence-corrected chi connectivity index (χ4v) is 6.60. The van der Waals surface area contributed by atoms with Gasteiger partial charge in [-0.3, -0.25) is 4.90 Å². The zero-order valence-electron chi connectivity index (χ0n) is 27.1. The van der Waals surface area contributed by atoms with Gasteiger partial charge in [-0.25, -0.2) is 32.3 Å². The van der Waals surface area contributed by atoms with Gasteiger partial charge in [0.05, 0.1) is 11.8 Å². The van der Waals surface area contributed by atoms with Crippen LogP contribution in [-0.4, -0.2) is 107 Å². The summed E-state index contributed by atoms with van der Waals surface area (Å²) in [4.78, 5) is 43.3. The molecule has 2 aliphatic rings. The Morgan fingerprint density at radius 1 is 0.735 bits per heavy atom. The molecule has 2 aromatic carbocycles. The van der Waals surface area contributed by atoms with Crippen LogP contribution in [-0.2, 0) is 29.2 Å². The van der Waals surface area contributed by atoms with Gasteiger partial charge in [-0.05, 0) is 55.5 Å². The first-order valence-corrected chi connectivity index (χ1v) is 17.8. The maximum atomic E-state index is 11.9. The van der Waals surface area contributed by atoms with Crippen LogP contribution in [0.2, 0.25) is 5.02 Å². The minimum absolute atomic E-state index is 0.217. The van der Waals surface area contributed by atoms with E-state index >= 15 is 0 Å². The molecule has 4 rings (SSSR count). The third-order valence-corrected chi connectivity index (χ3v) is 9.10. The molecule has 13 nitrogen and oxygen atoms in total. The van der Waals surface area contributed by atoms with Gasteiger partial charge in [0.15, 0.2) is 0 Å². The van der Waals surface area contributed by atoms with Crippen LogP contribution in [0, 0.1) is 0 Å². The first kappa shape index (κ1) is 41.1. The van der Waals surface area contributed by atoms with Gasteiger partial charge < -0.3 is 25.3 Å². The van der Waals surface area contributed by atoms with E-state index < -0.39 is 33.9 Å². The van der Waals surface area contributed by atoms with Crippen molar-refractivity contribution in [3.8, 4) is 0 Å². The number of aliphatic carboxylic acids is 4. The van der Waals surface area contributed by atoms with Crippen LogP contribution < -0.4 is 4.72 Å². The van der Waals surface area contributed by atoms with Crippen molar-refractivity contribution in [1.82, 2.24) is 14.5 Å². The largest absolute Gasteiger partial charge is 0.478 e. The van der Waals surface area contributed by atoms with E-state index in [1.165, 1.54) is 11.1 Å². The summed E-state index contributed by atoms with van der Waals surface area (Å²) in [7, 11) is -3.06. The van der Waals surface area contributed by atoms with E-state index in [0.717, 1.165) is 76.3 Å².